The summed E-state index contributed by atoms with van der Waals surface area (Å²) in [5.41, 5.74) is 1.73. The Kier molecular flexibility index (Phi) is 5.36. The first-order chi connectivity index (χ1) is 12.2. The largest absolute Gasteiger partial charge is 0.326 e. The summed E-state index contributed by atoms with van der Waals surface area (Å²) in [6.45, 7) is 2.05. The van der Waals surface area contributed by atoms with Crippen LogP contribution in [0.4, 0.5) is 0 Å². The molecule has 0 unspecified atom stereocenters. The number of nitriles is 1. The molecule has 0 amide bonds. The van der Waals surface area contributed by atoms with Gasteiger partial charge in [-0.1, -0.05) is 18.2 Å². The van der Waals surface area contributed by atoms with Gasteiger partial charge in [0.1, 0.15) is 11.5 Å². The minimum absolute atomic E-state index is 0.0185. The van der Waals surface area contributed by atoms with Gasteiger partial charge in [0.05, 0.1) is 11.6 Å². The first-order valence-corrected chi connectivity index (χ1v) is 8.43. The molecule has 1 fully saturated rings. The van der Waals surface area contributed by atoms with E-state index in [4.69, 9.17) is 5.26 Å². The smallest absolute Gasteiger partial charge is 0.270 e. The second-order valence-corrected chi connectivity index (χ2v) is 6.33. The number of carbonyl (C=O) groups excluding carboxylic acids is 1. The van der Waals surface area contributed by atoms with E-state index in [1.807, 2.05) is 18.2 Å². The van der Waals surface area contributed by atoms with E-state index in [0.29, 0.717) is 24.2 Å². The van der Waals surface area contributed by atoms with E-state index >= 15 is 0 Å². The van der Waals surface area contributed by atoms with Gasteiger partial charge in [-0.3, -0.25) is 19.5 Å². The number of likely N-dealkylation sites (tertiary alicyclic amines) is 1. The molecule has 1 aromatic carbocycles. The van der Waals surface area contributed by atoms with Gasteiger partial charge in [-0.05, 0) is 37.6 Å². The number of rotatable bonds is 5. The highest BCUT2D eigenvalue weighted by molar-refractivity contribution is 5.84. The van der Waals surface area contributed by atoms with Gasteiger partial charge in [0.15, 0.2) is 0 Å². The van der Waals surface area contributed by atoms with E-state index in [-0.39, 0.29) is 17.3 Å². The summed E-state index contributed by atoms with van der Waals surface area (Å²) in [6, 6.07) is 9.40. The highest BCUT2D eigenvalue weighted by Crippen LogP contribution is 2.21. The number of carbonyl (C=O) groups is 1. The highest BCUT2D eigenvalue weighted by atomic mass is 16.1. The molecule has 0 atom stereocenters. The van der Waals surface area contributed by atoms with Crippen molar-refractivity contribution >= 4 is 5.78 Å². The molecule has 128 valence electrons. The zero-order chi connectivity index (χ0) is 17.6. The molecule has 1 aliphatic heterocycles. The number of nitrogens with one attached hydrogen (secondary N) is 1. The summed E-state index contributed by atoms with van der Waals surface area (Å²) in [5, 5.41) is 9.14. The maximum Gasteiger partial charge on any atom is 0.270 e. The molecule has 25 heavy (non-hydrogen) atoms. The lowest BCUT2D eigenvalue weighted by Crippen LogP contribution is -2.37. The average Bonchev–Trinajstić information content (AvgIpc) is 2.64. The van der Waals surface area contributed by atoms with Crippen molar-refractivity contribution in [3.63, 3.8) is 0 Å². The van der Waals surface area contributed by atoms with E-state index in [1.54, 1.807) is 12.3 Å². The quantitative estimate of drug-likeness (QED) is 0.897. The minimum atomic E-state index is -0.159. The molecule has 0 bridgehead atoms. The van der Waals surface area contributed by atoms with Gasteiger partial charge in [0, 0.05) is 31.3 Å². The van der Waals surface area contributed by atoms with Crippen molar-refractivity contribution in [2.75, 3.05) is 13.1 Å². The van der Waals surface area contributed by atoms with Crippen LogP contribution in [-0.2, 0) is 17.8 Å². The van der Waals surface area contributed by atoms with Gasteiger partial charge in [-0.15, -0.1) is 0 Å². The third-order valence-electron chi connectivity index (χ3n) is 4.70. The molecule has 0 saturated carbocycles. The van der Waals surface area contributed by atoms with Gasteiger partial charge in [0.2, 0.25) is 0 Å². The summed E-state index contributed by atoms with van der Waals surface area (Å²) >= 11 is 0. The van der Waals surface area contributed by atoms with Crippen LogP contribution in [0.2, 0.25) is 0 Å². The fourth-order valence-electron chi connectivity index (χ4n) is 3.24. The van der Waals surface area contributed by atoms with Crippen LogP contribution >= 0.6 is 0 Å². The molecule has 1 N–H and O–H groups in total. The van der Waals surface area contributed by atoms with Crippen LogP contribution in [0.25, 0.3) is 0 Å². The Morgan fingerprint density at radius 3 is 2.80 bits per heavy atom. The zero-order valence-electron chi connectivity index (χ0n) is 13.9. The molecule has 1 aliphatic rings. The molecule has 0 aliphatic carbocycles. The van der Waals surface area contributed by atoms with E-state index in [2.05, 4.69) is 20.9 Å². The van der Waals surface area contributed by atoms with E-state index in [0.717, 1.165) is 31.5 Å². The van der Waals surface area contributed by atoms with Crippen LogP contribution in [0.15, 0.2) is 41.5 Å². The Balaban J connectivity index is 1.55. The molecule has 1 saturated heterocycles. The molecule has 6 nitrogen and oxygen atoms in total. The van der Waals surface area contributed by atoms with Crippen molar-refractivity contribution in [3.8, 4) is 6.07 Å². The predicted molar refractivity (Wildman–Crippen MR) is 92.7 cm³/mol. The second-order valence-electron chi connectivity index (χ2n) is 6.33. The Morgan fingerprint density at radius 1 is 1.32 bits per heavy atom. The van der Waals surface area contributed by atoms with E-state index in [1.165, 1.54) is 6.20 Å². The topological polar surface area (TPSA) is 89.8 Å². The zero-order valence-corrected chi connectivity index (χ0v) is 13.9. The Labute approximate surface area is 146 Å². The molecule has 3 rings (SSSR count). The number of hydrogen-bond acceptors (Lipinski definition) is 5. The van der Waals surface area contributed by atoms with E-state index in [9.17, 15) is 9.59 Å². The number of hydrogen-bond donors (Lipinski definition) is 1. The second kappa shape index (κ2) is 7.86. The van der Waals surface area contributed by atoms with Gasteiger partial charge < -0.3 is 4.98 Å². The third kappa shape index (κ3) is 4.20. The Morgan fingerprint density at radius 2 is 2.08 bits per heavy atom. The number of ketones is 1. The van der Waals surface area contributed by atoms with Crippen LogP contribution in [0, 0.1) is 17.2 Å². The van der Waals surface area contributed by atoms with Crippen molar-refractivity contribution in [1.82, 2.24) is 14.9 Å². The van der Waals surface area contributed by atoms with Gasteiger partial charge in [-0.25, -0.2) is 0 Å². The number of benzene rings is 1. The van der Waals surface area contributed by atoms with Gasteiger partial charge in [0.25, 0.3) is 5.56 Å². The minimum Gasteiger partial charge on any atom is -0.326 e. The molecule has 1 aromatic heterocycles. The Hall–Kier alpha value is -2.78. The first-order valence-electron chi connectivity index (χ1n) is 8.43. The first kappa shape index (κ1) is 17.1. The number of aromatic amines is 1. The number of nitrogens with zero attached hydrogens (tertiary/aromatic N) is 3. The maximum atomic E-state index is 12.6. The number of piperidine rings is 1. The summed E-state index contributed by atoms with van der Waals surface area (Å²) in [7, 11) is 0. The van der Waals surface area contributed by atoms with Crippen molar-refractivity contribution < 1.29 is 4.79 Å². The Bertz CT molecular complexity index is 845. The predicted octanol–water partition coefficient (Wildman–Crippen LogP) is 1.67. The SMILES string of the molecule is N#Cc1ccccc1CC(=O)C1CCN(Cc2ncc[nH]c2=O)CC1. The summed E-state index contributed by atoms with van der Waals surface area (Å²) < 4.78 is 0. The molecular weight excluding hydrogens is 316 g/mol. The lowest BCUT2D eigenvalue weighted by Gasteiger charge is -2.30. The number of Topliss-reactive ketones (excluding diaryl/α,β-unsaturated/α-hetero) is 1. The van der Waals surface area contributed by atoms with Crippen molar-refractivity contribution in [1.29, 1.82) is 5.26 Å². The van der Waals surface area contributed by atoms with E-state index < -0.39 is 0 Å². The lowest BCUT2D eigenvalue weighted by molar-refractivity contribution is -0.123. The fraction of sp³-hybridized carbons (Fsp3) is 0.368. The highest BCUT2D eigenvalue weighted by Gasteiger charge is 2.25. The lowest BCUT2D eigenvalue weighted by atomic mass is 9.88. The molecule has 0 spiro atoms. The molecule has 2 aromatic rings. The maximum absolute atomic E-state index is 12.6. The molecular formula is C19H20N4O2. The normalized spacial score (nSPS) is 15.6. The van der Waals surface area contributed by atoms with Crippen molar-refractivity contribution in [2.24, 2.45) is 5.92 Å². The van der Waals surface area contributed by atoms with Crippen LogP contribution in [0.3, 0.4) is 0 Å². The molecule has 2 heterocycles. The summed E-state index contributed by atoms with van der Waals surface area (Å²) in [4.78, 5) is 33.2. The van der Waals surface area contributed by atoms with Crippen LogP contribution in [0.5, 0.6) is 0 Å². The van der Waals surface area contributed by atoms with Crippen LogP contribution < -0.4 is 5.56 Å². The number of H-pyrrole nitrogens is 1. The van der Waals surface area contributed by atoms with Gasteiger partial charge >= 0.3 is 0 Å². The van der Waals surface area contributed by atoms with Crippen LogP contribution in [-0.4, -0.2) is 33.7 Å². The number of aromatic nitrogens is 2. The summed E-state index contributed by atoms with van der Waals surface area (Å²) in [5.74, 6) is 0.211. The van der Waals surface area contributed by atoms with Crippen molar-refractivity contribution in [2.45, 2.75) is 25.8 Å². The van der Waals surface area contributed by atoms with Crippen molar-refractivity contribution in [3.05, 3.63) is 63.8 Å². The monoisotopic (exact) mass is 336 g/mol. The summed E-state index contributed by atoms with van der Waals surface area (Å²) in [6.07, 6.45) is 4.97. The average molecular weight is 336 g/mol. The van der Waals surface area contributed by atoms with Crippen LogP contribution in [0.1, 0.15) is 29.7 Å². The third-order valence-corrected chi connectivity index (χ3v) is 4.70. The fourth-order valence-corrected chi connectivity index (χ4v) is 3.24. The van der Waals surface area contributed by atoms with Gasteiger partial charge in [-0.2, -0.15) is 5.26 Å². The standard InChI is InChI=1S/C19H20N4O2/c20-12-16-4-2-1-3-15(16)11-18(24)14-5-9-23(10-6-14)13-17-19(25)22-8-7-21-17/h1-4,7-8,14H,5-6,9-11,13H2,(H,22,25). The molecule has 6 heteroatoms. The molecule has 0 radical (unpaired) electrons.